The minimum atomic E-state index is -4.66. The van der Waals surface area contributed by atoms with E-state index in [9.17, 15) is 31.1 Å². The van der Waals surface area contributed by atoms with Gasteiger partial charge < -0.3 is 24.8 Å². The second kappa shape index (κ2) is 12.8. The van der Waals surface area contributed by atoms with Crippen LogP contribution in [0, 0.1) is 19.8 Å². The molecule has 2 aromatic heterocycles. The summed E-state index contributed by atoms with van der Waals surface area (Å²) in [4.78, 5) is 26.2. The number of aryl methyl sites for hydroxylation is 2. The largest absolute Gasteiger partial charge is 0.454 e. The van der Waals surface area contributed by atoms with Gasteiger partial charge in [0.25, 0.3) is 0 Å². The number of amides is 1. The van der Waals surface area contributed by atoms with Gasteiger partial charge >= 0.3 is 18.4 Å². The molecule has 1 aromatic carbocycles. The fourth-order valence-corrected chi connectivity index (χ4v) is 4.48. The minimum Gasteiger partial charge on any atom is -0.454 e. The molecule has 1 fully saturated rings. The number of likely N-dealkylation sites (tertiary alicyclic amines) is 1. The number of aromatic nitrogens is 4. The molecule has 3 heterocycles. The maximum atomic E-state index is 13.1. The molecule has 3 aromatic rings. The van der Waals surface area contributed by atoms with Crippen molar-refractivity contribution in [2.75, 3.05) is 36.9 Å². The fourth-order valence-electron chi connectivity index (χ4n) is 4.48. The molecule has 0 atom stereocenters. The number of nitrogens with zero attached hydrogens (tertiary/aromatic N) is 5. The fraction of sp³-hybridized carbons (Fsp3) is 0.500. The molecule has 0 radical (unpaired) electrons. The molecular formula is C26H29F6N7O3. The second-order valence-corrected chi connectivity index (χ2v) is 9.88. The number of carbonyl (C=O) groups excluding carboxylic acids is 1. The Balaban J connectivity index is 1.36. The molecule has 2 N–H and O–H groups in total. The highest BCUT2D eigenvalue weighted by molar-refractivity contribution is 5.76. The number of piperidine rings is 1. The van der Waals surface area contributed by atoms with Crippen molar-refractivity contribution in [3.63, 3.8) is 0 Å². The van der Waals surface area contributed by atoms with Crippen molar-refractivity contribution < 1.29 is 40.4 Å². The summed E-state index contributed by atoms with van der Waals surface area (Å²) in [5.74, 6) is 0.407. The van der Waals surface area contributed by atoms with Gasteiger partial charge in [0.1, 0.15) is 5.76 Å². The summed E-state index contributed by atoms with van der Waals surface area (Å²) in [7, 11) is 0. The highest BCUT2D eigenvalue weighted by atomic mass is 19.4. The highest BCUT2D eigenvalue weighted by Crippen LogP contribution is 2.31. The van der Waals surface area contributed by atoms with E-state index in [-0.39, 0.29) is 29.4 Å². The van der Waals surface area contributed by atoms with Crippen molar-refractivity contribution >= 4 is 23.5 Å². The van der Waals surface area contributed by atoms with Crippen molar-refractivity contribution in [1.82, 2.24) is 25.0 Å². The zero-order chi connectivity index (χ0) is 30.5. The standard InChI is InChI=1S/C26H29F6N7O3/c1-15-20(16(2)42-38-15)6-7-21(40)39-10-8-17(9-11-39)13-33-22-35-23(37-24(36-22)41-14-25(27,28)29)34-19-5-3-4-18(12-19)26(30,31)32/h3-5,12,17H,6-11,13-14H2,1-2H3,(H2,33,34,35,36,37). The van der Waals surface area contributed by atoms with Gasteiger partial charge in [0.05, 0.1) is 11.3 Å². The Kier molecular flexibility index (Phi) is 9.41. The molecule has 10 nitrogen and oxygen atoms in total. The van der Waals surface area contributed by atoms with Crippen LogP contribution in [0.2, 0.25) is 0 Å². The van der Waals surface area contributed by atoms with E-state index < -0.39 is 30.5 Å². The molecule has 0 unspecified atom stereocenters. The van der Waals surface area contributed by atoms with Crippen LogP contribution in [0.4, 0.5) is 43.9 Å². The predicted molar refractivity (Wildman–Crippen MR) is 138 cm³/mol. The average molecular weight is 602 g/mol. The van der Waals surface area contributed by atoms with Crippen molar-refractivity contribution in [3.05, 3.63) is 46.8 Å². The van der Waals surface area contributed by atoms with Gasteiger partial charge in [0.15, 0.2) is 6.61 Å². The summed E-state index contributed by atoms with van der Waals surface area (Å²) in [6.07, 6.45) is -7.05. The van der Waals surface area contributed by atoms with Gasteiger partial charge in [-0.25, -0.2) is 0 Å². The van der Waals surface area contributed by atoms with Crippen LogP contribution >= 0.6 is 0 Å². The van der Waals surface area contributed by atoms with Crippen molar-refractivity contribution in [2.45, 2.75) is 51.9 Å². The van der Waals surface area contributed by atoms with Crippen LogP contribution in [0.5, 0.6) is 6.01 Å². The first kappa shape index (κ1) is 30.8. The first-order valence-electron chi connectivity index (χ1n) is 13.1. The van der Waals surface area contributed by atoms with E-state index in [0.717, 1.165) is 23.4 Å². The number of anilines is 3. The first-order valence-corrected chi connectivity index (χ1v) is 13.1. The molecule has 228 valence electrons. The number of benzene rings is 1. The number of ether oxygens (including phenoxy) is 1. The van der Waals surface area contributed by atoms with Gasteiger partial charge in [-0.2, -0.15) is 41.3 Å². The molecule has 0 spiro atoms. The summed E-state index contributed by atoms with van der Waals surface area (Å²) in [6, 6.07) is 3.53. The predicted octanol–water partition coefficient (Wildman–Crippen LogP) is 5.46. The number of halogens is 6. The Morgan fingerprint density at radius 1 is 1.07 bits per heavy atom. The topological polar surface area (TPSA) is 118 Å². The monoisotopic (exact) mass is 601 g/mol. The zero-order valence-electron chi connectivity index (χ0n) is 22.8. The van der Waals surface area contributed by atoms with E-state index >= 15 is 0 Å². The van der Waals surface area contributed by atoms with Gasteiger partial charge in [0, 0.05) is 37.3 Å². The lowest BCUT2D eigenvalue weighted by molar-refractivity contribution is -0.154. The number of hydrogen-bond donors (Lipinski definition) is 2. The van der Waals surface area contributed by atoms with Crippen LogP contribution in [-0.4, -0.2) is 63.3 Å². The Morgan fingerprint density at radius 2 is 1.79 bits per heavy atom. The van der Waals surface area contributed by atoms with Crippen LogP contribution < -0.4 is 15.4 Å². The molecule has 4 rings (SSSR count). The summed E-state index contributed by atoms with van der Waals surface area (Å²) in [5, 5.41) is 9.41. The van der Waals surface area contributed by atoms with Crippen molar-refractivity contribution in [1.29, 1.82) is 0 Å². The molecule has 42 heavy (non-hydrogen) atoms. The van der Waals surface area contributed by atoms with Crippen molar-refractivity contribution in [3.8, 4) is 6.01 Å². The maximum absolute atomic E-state index is 13.1. The summed E-state index contributed by atoms with van der Waals surface area (Å²) < 4.78 is 87.2. The van der Waals surface area contributed by atoms with Crippen LogP contribution in [0.15, 0.2) is 28.8 Å². The molecule has 0 bridgehead atoms. The van der Waals surface area contributed by atoms with Crippen molar-refractivity contribution in [2.24, 2.45) is 5.92 Å². The molecule has 1 aliphatic heterocycles. The van der Waals surface area contributed by atoms with Crippen LogP contribution in [-0.2, 0) is 17.4 Å². The Bertz CT molecular complexity index is 1350. The molecule has 16 heteroatoms. The summed E-state index contributed by atoms with van der Waals surface area (Å²) >= 11 is 0. The lowest BCUT2D eigenvalue weighted by Crippen LogP contribution is -2.40. The molecule has 1 saturated heterocycles. The molecule has 1 aliphatic rings. The minimum absolute atomic E-state index is 0.0237. The summed E-state index contributed by atoms with van der Waals surface area (Å²) in [6.45, 7) is 3.38. The SMILES string of the molecule is Cc1noc(C)c1CCC(=O)N1CCC(CNc2nc(Nc3cccc(C(F)(F)F)c3)nc(OCC(F)(F)F)n2)CC1. The lowest BCUT2D eigenvalue weighted by atomic mass is 9.96. The molecule has 1 amide bonds. The van der Waals surface area contributed by atoms with Gasteiger partial charge in [-0.3, -0.25) is 4.79 Å². The number of nitrogens with one attached hydrogen (secondary N) is 2. The molecule has 0 aliphatic carbocycles. The third-order valence-corrected chi connectivity index (χ3v) is 6.71. The van der Waals surface area contributed by atoms with Gasteiger partial charge in [-0.05, 0) is 57.2 Å². The average Bonchev–Trinajstić information content (AvgIpc) is 3.25. The quantitative estimate of drug-likeness (QED) is 0.292. The maximum Gasteiger partial charge on any atom is 0.422 e. The number of alkyl halides is 6. The third kappa shape index (κ3) is 8.69. The number of rotatable bonds is 10. The van der Waals surface area contributed by atoms with Crippen LogP contribution in [0.1, 0.15) is 41.8 Å². The Labute approximate surface area is 236 Å². The highest BCUT2D eigenvalue weighted by Gasteiger charge is 2.31. The number of hydrogen-bond acceptors (Lipinski definition) is 9. The van der Waals surface area contributed by atoms with E-state index in [0.29, 0.717) is 51.1 Å². The van der Waals surface area contributed by atoms with E-state index in [4.69, 9.17) is 4.52 Å². The second-order valence-electron chi connectivity index (χ2n) is 9.88. The van der Waals surface area contributed by atoms with E-state index in [2.05, 4.69) is 35.5 Å². The van der Waals surface area contributed by atoms with Gasteiger partial charge in [0.2, 0.25) is 17.8 Å². The van der Waals surface area contributed by atoms with E-state index in [1.54, 1.807) is 11.8 Å². The normalized spacial score (nSPS) is 14.6. The Morgan fingerprint density at radius 3 is 2.43 bits per heavy atom. The smallest absolute Gasteiger partial charge is 0.422 e. The first-order chi connectivity index (χ1) is 19.8. The van der Waals surface area contributed by atoms with Crippen LogP contribution in [0.25, 0.3) is 0 Å². The zero-order valence-corrected chi connectivity index (χ0v) is 22.8. The number of carbonyl (C=O) groups is 1. The molecule has 0 saturated carbocycles. The van der Waals surface area contributed by atoms with E-state index in [1.807, 2.05) is 6.92 Å². The van der Waals surface area contributed by atoms with Crippen LogP contribution in [0.3, 0.4) is 0 Å². The van der Waals surface area contributed by atoms with Gasteiger partial charge in [-0.15, -0.1) is 0 Å². The molecular weight excluding hydrogens is 572 g/mol. The van der Waals surface area contributed by atoms with Gasteiger partial charge in [-0.1, -0.05) is 11.2 Å². The van der Waals surface area contributed by atoms with E-state index in [1.165, 1.54) is 12.1 Å². The third-order valence-electron chi connectivity index (χ3n) is 6.71. The summed E-state index contributed by atoms with van der Waals surface area (Å²) in [5.41, 5.74) is 0.737. The Hall–Kier alpha value is -4.11. The lowest BCUT2D eigenvalue weighted by Gasteiger charge is -2.32.